The normalized spacial score (nSPS) is 27.2. The minimum absolute atomic E-state index is 0.0807. The molecule has 4 rings (SSSR count). The summed E-state index contributed by atoms with van der Waals surface area (Å²) in [5, 5.41) is 0. The Morgan fingerprint density at radius 3 is 1.34 bits per heavy atom. The number of hydrogen-bond donors (Lipinski definition) is 0. The van der Waals surface area contributed by atoms with Crippen molar-refractivity contribution in [2.75, 3.05) is 27.4 Å². The third-order valence-electron chi connectivity index (χ3n) is 5.81. The maximum absolute atomic E-state index is 6.76. The zero-order chi connectivity index (χ0) is 20.5. The summed E-state index contributed by atoms with van der Waals surface area (Å²) in [5.74, 6) is 1.68. The Hall–Kier alpha value is -2.08. The van der Waals surface area contributed by atoms with Crippen molar-refractivity contribution in [2.45, 2.75) is 50.1 Å². The Kier molecular flexibility index (Phi) is 5.56. The Labute approximate surface area is 172 Å². The summed E-state index contributed by atoms with van der Waals surface area (Å²) in [6, 6.07) is 16.2. The number of rotatable bonds is 10. The van der Waals surface area contributed by atoms with Crippen molar-refractivity contribution >= 4 is 0 Å². The Morgan fingerprint density at radius 2 is 1.07 bits per heavy atom. The Bertz CT molecular complexity index is 737. The lowest BCUT2D eigenvalue weighted by molar-refractivity contribution is -0.0421. The van der Waals surface area contributed by atoms with Crippen molar-refractivity contribution in [3.05, 3.63) is 59.7 Å². The molecule has 2 aromatic carbocycles. The molecule has 5 heteroatoms. The van der Waals surface area contributed by atoms with Gasteiger partial charge in [-0.25, -0.2) is 0 Å². The number of benzene rings is 2. The summed E-state index contributed by atoms with van der Waals surface area (Å²) in [6.45, 7) is 5.83. The van der Waals surface area contributed by atoms with Crippen LogP contribution in [0.3, 0.4) is 0 Å². The highest BCUT2D eigenvalue weighted by atomic mass is 16.6. The summed E-state index contributed by atoms with van der Waals surface area (Å²) in [7, 11) is 3.36. The second-order valence-corrected chi connectivity index (χ2v) is 8.55. The van der Waals surface area contributed by atoms with Gasteiger partial charge in [0, 0.05) is 12.8 Å². The molecule has 2 heterocycles. The molecule has 0 bridgehead atoms. The van der Waals surface area contributed by atoms with Crippen LogP contribution in [0.4, 0.5) is 0 Å². The van der Waals surface area contributed by atoms with Gasteiger partial charge in [-0.1, -0.05) is 24.3 Å². The monoisotopic (exact) mass is 398 g/mol. The first-order valence-corrected chi connectivity index (χ1v) is 10.1. The smallest absolute Gasteiger partial charge is 0.118 e. The van der Waals surface area contributed by atoms with Gasteiger partial charge in [-0.05, 0) is 49.2 Å². The summed E-state index contributed by atoms with van der Waals surface area (Å²) < 4.78 is 28.7. The highest BCUT2D eigenvalue weighted by Crippen LogP contribution is 2.44. The van der Waals surface area contributed by atoms with Crippen LogP contribution >= 0.6 is 0 Å². The van der Waals surface area contributed by atoms with E-state index in [9.17, 15) is 0 Å². The maximum Gasteiger partial charge on any atom is 0.118 e. The average Bonchev–Trinajstić information content (AvgIpc) is 3.66. The van der Waals surface area contributed by atoms with Crippen molar-refractivity contribution in [2.24, 2.45) is 0 Å². The zero-order valence-electron chi connectivity index (χ0n) is 17.6. The van der Waals surface area contributed by atoms with Gasteiger partial charge >= 0.3 is 0 Å². The van der Waals surface area contributed by atoms with E-state index >= 15 is 0 Å². The Balaban J connectivity index is 1.59. The minimum Gasteiger partial charge on any atom is -0.497 e. The largest absolute Gasteiger partial charge is 0.497 e. The lowest BCUT2D eigenvalue weighted by Gasteiger charge is -2.28. The second kappa shape index (κ2) is 7.98. The first-order chi connectivity index (χ1) is 13.9. The van der Waals surface area contributed by atoms with E-state index in [-0.39, 0.29) is 23.4 Å². The molecule has 0 amide bonds. The molecule has 0 spiro atoms. The summed E-state index contributed by atoms with van der Waals surface area (Å²) in [6.07, 6.45) is 1.46. The molecular formula is C24H30O5. The van der Waals surface area contributed by atoms with Gasteiger partial charge in [0.2, 0.25) is 0 Å². The molecule has 0 aliphatic carbocycles. The zero-order valence-corrected chi connectivity index (χ0v) is 17.6. The molecule has 2 aromatic rings. The molecule has 4 unspecified atom stereocenters. The van der Waals surface area contributed by atoms with E-state index in [2.05, 4.69) is 38.1 Å². The van der Waals surface area contributed by atoms with E-state index in [4.69, 9.17) is 23.7 Å². The molecule has 5 nitrogen and oxygen atoms in total. The number of epoxide rings is 2. The summed E-state index contributed by atoms with van der Waals surface area (Å²) >= 11 is 0. The van der Waals surface area contributed by atoms with Crippen LogP contribution in [0.5, 0.6) is 11.5 Å². The van der Waals surface area contributed by atoms with E-state index in [1.165, 1.54) is 0 Å². The van der Waals surface area contributed by atoms with Crippen LogP contribution in [-0.4, -0.2) is 38.6 Å². The fraction of sp³-hybridized carbons (Fsp3) is 0.500. The van der Waals surface area contributed by atoms with Crippen LogP contribution in [0.2, 0.25) is 0 Å². The van der Waals surface area contributed by atoms with Crippen LogP contribution in [0, 0.1) is 0 Å². The fourth-order valence-corrected chi connectivity index (χ4v) is 3.59. The highest BCUT2D eigenvalue weighted by molar-refractivity contribution is 5.31. The second-order valence-electron chi connectivity index (χ2n) is 8.55. The van der Waals surface area contributed by atoms with Gasteiger partial charge in [-0.2, -0.15) is 0 Å². The van der Waals surface area contributed by atoms with Gasteiger partial charge in [0.05, 0.1) is 50.8 Å². The Morgan fingerprint density at radius 1 is 0.724 bits per heavy atom. The van der Waals surface area contributed by atoms with Gasteiger partial charge in [0.15, 0.2) is 0 Å². The average molecular weight is 398 g/mol. The lowest BCUT2D eigenvalue weighted by Crippen LogP contribution is -2.20. The van der Waals surface area contributed by atoms with Crippen molar-refractivity contribution in [1.82, 2.24) is 0 Å². The lowest BCUT2D eigenvalue weighted by atomic mass is 9.95. The molecule has 0 N–H and O–H groups in total. The molecule has 2 aliphatic heterocycles. The molecule has 0 radical (unpaired) electrons. The van der Waals surface area contributed by atoms with Crippen LogP contribution in [-0.2, 0) is 14.2 Å². The van der Waals surface area contributed by atoms with Crippen molar-refractivity contribution in [3.63, 3.8) is 0 Å². The minimum atomic E-state index is -0.116. The predicted molar refractivity (Wildman–Crippen MR) is 111 cm³/mol. The summed E-state index contributed by atoms with van der Waals surface area (Å²) in [4.78, 5) is 0. The standard InChI is InChI=1S/C24H30O5/c1-23(15-27-23)13-21(17-5-9-19(25-3)10-6-17)29-22(14-24(2)16-28-24)18-7-11-20(26-4)12-8-18/h5-12,21-22H,13-16H2,1-4H3. The molecule has 156 valence electrons. The van der Waals surface area contributed by atoms with Crippen molar-refractivity contribution in [1.29, 1.82) is 0 Å². The van der Waals surface area contributed by atoms with E-state index in [0.717, 1.165) is 48.7 Å². The third-order valence-corrected chi connectivity index (χ3v) is 5.81. The number of hydrogen-bond acceptors (Lipinski definition) is 5. The van der Waals surface area contributed by atoms with Gasteiger partial charge in [-0.15, -0.1) is 0 Å². The van der Waals surface area contributed by atoms with Crippen LogP contribution in [0.15, 0.2) is 48.5 Å². The predicted octanol–water partition coefficient (Wildman–Crippen LogP) is 4.86. The molecule has 2 fully saturated rings. The highest BCUT2D eigenvalue weighted by Gasteiger charge is 2.45. The molecule has 0 aromatic heterocycles. The summed E-state index contributed by atoms with van der Waals surface area (Å²) in [5.41, 5.74) is 2.02. The van der Waals surface area contributed by atoms with E-state index in [1.54, 1.807) is 14.2 Å². The van der Waals surface area contributed by atoms with Crippen LogP contribution in [0.1, 0.15) is 50.0 Å². The van der Waals surface area contributed by atoms with Crippen LogP contribution in [0.25, 0.3) is 0 Å². The number of ether oxygens (including phenoxy) is 5. The third kappa shape index (κ3) is 5.10. The van der Waals surface area contributed by atoms with Gasteiger partial charge in [-0.3, -0.25) is 0 Å². The number of methoxy groups -OCH3 is 2. The molecule has 4 atom stereocenters. The van der Waals surface area contributed by atoms with Gasteiger partial charge in [0.1, 0.15) is 11.5 Å². The molecule has 29 heavy (non-hydrogen) atoms. The van der Waals surface area contributed by atoms with E-state index in [1.807, 2.05) is 24.3 Å². The van der Waals surface area contributed by atoms with Gasteiger partial charge in [0.25, 0.3) is 0 Å². The van der Waals surface area contributed by atoms with Gasteiger partial charge < -0.3 is 23.7 Å². The van der Waals surface area contributed by atoms with Crippen molar-refractivity contribution in [3.8, 4) is 11.5 Å². The fourth-order valence-electron chi connectivity index (χ4n) is 3.59. The SMILES string of the molecule is COc1ccc(C(CC2(C)CO2)OC(CC2(C)CO2)c2ccc(OC)cc2)cc1. The maximum atomic E-state index is 6.76. The molecule has 2 aliphatic rings. The van der Waals surface area contributed by atoms with E-state index in [0.29, 0.717) is 0 Å². The first-order valence-electron chi connectivity index (χ1n) is 10.1. The quantitative estimate of drug-likeness (QED) is 0.535. The van der Waals surface area contributed by atoms with Crippen LogP contribution < -0.4 is 9.47 Å². The molecule has 2 saturated heterocycles. The van der Waals surface area contributed by atoms with E-state index < -0.39 is 0 Å². The van der Waals surface area contributed by atoms with Crippen molar-refractivity contribution < 1.29 is 23.7 Å². The molecule has 0 saturated carbocycles. The molecular weight excluding hydrogens is 368 g/mol. The first kappa shape index (κ1) is 20.2. The topological polar surface area (TPSA) is 52.8 Å².